The second-order valence-electron chi connectivity index (χ2n) is 7.45. The number of nitrogens with zero attached hydrogens (tertiary/aromatic N) is 3. The molecular weight excluding hydrogens is 392 g/mol. The van der Waals surface area contributed by atoms with E-state index in [2.05, 4.69) is 52.4 Å². The van der Waals surface area contributed by atoms with Crippen LogP contribution in [0, 0.1) is 0 Å². The summed E-state index contributed by atoms with van der Waals surface area (Å²) in [4.78, 5) is 8.74. The van der Waals surface area contributed by atoms with E-state index in [1.54, 1.807) is 21.3 Å². The lowest BCUT2D eigenvalue weighted by Gasteiger charge is -2.29. The van der Waals surface area contributed by atoms with Crippen LogP contribution < -0.4 is 19.5 Å². The van der Waals surface area contributed by atoms with Gasteiger partial charge in [-0.2, -0.15) is 0 Å². The van der Waals surface area contributed by atoms with E-state index in [9.17, 15) is 0 Å². The maximum absolute atomic E-state index is 5.52. The van der Waals surface area contributed by atoms with Crippen LogP contribution in [-0.2, 0) is 6.54 Å². The first-order valence-corrected chi connectivity index (χ1v) is 10.4. The van der Waals surface area contributed by atoms with E-state index in [4.69, 9.17) is 14.2 Å². The highest BCUT2D eigenvalue weighted by Gasteiger charge is 2.18. The average Bonchev–Trinajstić information content (AvgIpc) is 2.77. The summed E-state index contributed by atoms with van der Waals surface area (Å²) in [5.74, 6) is 3.17. The summed E-state index contributed by atoms with van der Waals surface area (Å²) in [5, 5.41) is 3.50. The van der Waals surface area contributed by atoms with E-state index in [1.807, 2.05) is 38.2 Å². The maximum atomic E-state index is 5.52. The van der Waals surface area contributed by atoms with Crippen LogP contribution in [0.4, 0.5) is 0 Å². The fourth-order valence-electron chi connectivity index (χ4n) is 3.44. The summed E-state index contributed by atoms with van der Waals surface area (Å²) in [6, 6.07) is 14.3. The van der Waals surface area contributed by atoms with Crippen molar-refractivity contribution in [3.63, 3.8) is 0 Å². The molecule has 2 rings (SSSR count). The first-order chi connectivity index (χ1) is 14.9. The molecule has 170 valence electrons. The zero-order valence-electron chi connectivity index (χ0n) is 19.8. The summed E-state index contributed by atoms with van der Waals surface area (Å²) in [6.45, 7) is 4.10. The lowest BCUT2D eigenvalue weighted by molar-refractivity contribution is 0.293. The van der Waals surface area contributed by atoms with Gasteiger partial charge in [0.2, 0.25) is 0 Å². The first-order valence-electron chi connectivity index (χ1n) is 10.4. The van der Waals surface area contributed by atoms with Gasteiger partial charge in [0.25, 0.3) is 0 Å². The highest BCUT2D eigenvalue weighted by Crippen LogP contribution is 2.31. The largest absolute Gasteiger partial charge is 0.494 e. The molecule has 1 unspecified atom stereocenters. The third-order valence-corrected chi connectivity index (χ3v) is 5.10. The highest BCUT2D eigenvalue weighted by molar-refractivity contribution is 5.79. The minimum atomic E-state index is 0.135. The molecule has 0 amide bonds. The van der Waals surface area contributed by atoms with Crippen molar-refractivity contribution in [1.82, 2.24) is 15.1 Å². The predicted octanol–water partition coefficient (Wildman–Crippen LogP) is 3.41. The molecule has 0 heterocycles. The zero-order chi connectivity index (χ0) is 22.8. The van der Waals surface area contributed by atoms with E-state index < -0.39 is 0 Å². The highest BCUT2D eigenvalue weighted by atomic mass is 16.5. The first kappa shape index (κ1) is 24.3. The molecule has 0 saturated carbocycles. The Morgan fingerprint density at radius 1 is 1.00 bits per heavy atom. The van der Waals surface area contributed by atoms with Crippen LogP contribution in [0.25, 0.3) is 0 Å². The molecular formula is C24H36N4O3. The van der Waals surface area contributed by atoms with Crippen molar-refractivity contribution in [2.45, 2.75) is 19.5 Å². The van der Waals surface area contributed by atoms with Crippen molar-refractivity contribution in [1.29, 1.82) is 0 Å². The van der Waals surface area contributed by atoms with Crippen molar-refractivity contribution in [2.24, 2.45) is 4.99 Å². The van der Waals surface area contributed by atoms with E-state index >= 15 is 0 Å². The number of benzene rings is 2. The molecule has 1 N–H and O–H groups in total. The predicted molar refractivity (Wildman–Crippen MR) is 126 cm³/mol. The van der Waals surface area contributed by atoms with E-state index in [0.29, 0.717) is 13.2 Å². The van der Waals surface area contributed by atoms with Crippen LogP contribution in [-0.4, -0.2) is 71.3 Å². The van der Waals surface area contributed by atoms with Gasteiger partial charge in [-0.05, 0) is 56.4 Å². The molecule has 0 aliphatic carbocycles. The zero-order valence-corrected chi connectivity index (χ0v) is 19.8. The van der Waals surface area contributed by atoms with Gasteiger partial charge in [-0.15, -0.1) is 0 Å². The van der Waals surface area contributed by atoms with Crippen molar-refractivity contribution in [3.8, 4) is 17.2 Å². The standard InChI is InChI=1S/C24H36N4O3/c1-8-31-20-12-9-18(10-13-20)17-28(5)24(25-2)26-16-21(27(3)4)19-11-14-22(29-6)23(15-19)30-7/h9-15,21H,8,16-17H2,1-7H3,(H,25,26). The van der Waals surface area contributed by atoms with E-state index in [0.717, 1.165) is 35.3 Å². The molecule has 7 heteroatoms. The molecule has 2 aromatic carbocycles. The number of guanidine groups is 1. The molecule has 0 aliphatic rings. The molecule has 0 saturated heterocycles. The monoisotopic (exact) mass is 428 g/mol. The van der Waals surface area contributed by atoms with Gasteiger partial charge in [0.15, 0.2) is 17.5 Å². The number of hydrogen-bond acceptors (Lipinski definition) is 5. The second kappa shape index (κ2) is 12.1. The van der Waals surface area contributed by atoms with Gasteiger partial charge >= 0.3 is 0 Å². The minimum Gasteiger partial charge on any atom is -0.494 e. The summed E-state index contributed by atoms with van der Waals surface area (Å²) >= 11 is 0. The summed E-state index contributed by atoms with van der Waals surface area (Å²) in [6.07, 6.45) is 0. The minimum absolute atomic E-state index is 0.135. The van der Waals surface area contributed by atoms with Crippen molar-refractivity contribution in [2.75, 3.05) is 55.6 Å². The number of rotatable bonds is 10. The number of likely N-dealkylation sites (N-methyl/N-ethyl adjacent to an activating group) is 1. The topological polar surface area (TPSA) is 58.6 Å². The maximum Gasteiger partial charge on any atom is 0.193 e. The number of aliphatic imine (C=N–C) groups is 1. The van der Waals surface area contributed by atoms with Gasteiger partial charge in [0, 0.05) is 27.2 Å². The second-order valence-corrected chi connectivity index (χ2v) is 7.45. The third kappa shape index (κ3) is 6.79. The SMILES string of the molecule is CCOc1ccc(CN(C)C(=NC)NCC(c2ccc(OC)c(OC)c2)N(C)C)cc1. The fraction of sp³-hybridized carbons (Fsp3) is 0.458. The Morgan fingerprint density at radius 2 is 1.68 bits per heavy atom. The van der Waals surface area contributed by atoms with Crippen LogP contribution in [0.3, 0.4) is 0 Å². The number of methoxy groups -OCH3 is 2. The Bertz CT molecular complexity index is 837. The van der Waals surface area contributed by atoms with Crippen LogP contribution >= 0.6 is 0 Å². The number of ether oxygens (including phenoxy) is 3. The number of hydrogen-bond donors (Lipinski definition) is 1. The van der Waals surface area contributed by atoms with Gasteiger partial charge < -0.3 is 29.3 Å². The Balaban J connectivity index is 2.06. The summed E-state index contributed by atoms with van der Waals surface area (Å²) in [5.41, 5.74) is 2.33. The Kier molecular flexibility index (Phi) is 9.46. The summed E-state index contributed by atoms with van der Waals surface area (Å²) < 4.78 is 16.4. The molecule has 0 bridgehead atoms. The van der Waals surface area contributed by atoms with Crippen LogP contribution in [0.1, 0.15) is 24.1 Å². The molecule has 0 radical (unpaired) electrons. The Morgan fingerprint density at radius 3 is 2.23 bits per heavy atom. The molecule has 7 nitrogen and oxygen atoms in total. The average molecular weight is 429 g/mol. The van der Waals surface area contributed by atoms with E-state index in [-0.39, 0.29) is 6.04 Å². The smallest absolute Gasteiger partial charge is 0.193 e. The van der Waals surface area contributed by atoms with Gasteiger partial charge in [-0.1, -0.05) is 18.2 Å². The van der Waals surface area contributed by atoms with Crippen molar-refractivity contribution >= 4 is 5.96 Å². The van der Waals surface area contributed by atoms with Gasteiger partial charge in [0.05, 0.1) is 26.9 Å². The van der Waals surface area contributed by atoms with Gasteiger partial charge in [-0.25, -0.2) is 0 Å². The fourth-order valence-corrected chi connectivity index (χ4v) is 3.44. The van der Waals surface area contributed by atoms with Crippen molar-refractivity contribution in [3.05, 3.63) is 53.6 Å². The molecule has 0 fully saturated rings. The molecule has 31 heavy (non-hydrogen) atoms. The van der Waals surface area contributed by atoms with Crippen LogP contribution in [0.5, 0.6) is 17.2 Å². The number of nitrogens with one attached hydrogen (secondary N) is 1. The normalized spacial score (nSPS) is 12.5. The lowest BCUT2D eigenvalue weighted by Crippen LogP contribution is -2.42. The third-order valence-electron chi connectivity index (χ3n) is 5.10. The molecule has 0 aromatic heterocycles. The van der Waals surface area contributed by atoms with Gasteiger partial charge in [-0.3, -0.25) is 4.99 Å². The molecule has 0 spiro atoms. The van der Waals surface area contributed by atoms with Crippen molar-refractivity contribution < 1.29 is 14.2 Å². The van der Waals surface area contributed by atoms with Crippen LogP contribution in [0.15, 0.2) is 47.5 Å². The Labute approximate surface area is 186 Å². The van der Waals surface area contributed by atoms with Crippen LogP contribution in [0.2, 0.25) is 0 Å². The molecule has 0 aliphatic heterocycles. The Hall–Kier alpha value is -2.93. The van der Waals surface area contributed by atoms with E-state index in [1.165, 1.54) is 5.56 Å². The lowest BCUT2D eigenvalue weighted by atomic mass is 10.1. The quantitative estimate of drug-likeness (QED) is 0.462. The molecule has 1 atom stereocenters. The van der Waals surface area contributed by atoms with Gasteiger partial charge in [0.1, 0.15) is 5.75 Å². The molecule has 2 aromatic rings. The summed E-state index contributed by atoms with van der Waals surface area (Å²) in [7, 11) is 11.3.